The van der Waals surface area contributed by atoms with E-state index in [1.54, 1.807) is 24.3 Å². The molecule has 0 amide bonds. The number of esters is 1. The van der Waals surface area contributed by atoms with E-state index in [-0.39, 0.29) is 6.61 Å². The Morgan fingerprint density at radius 1 is 0.750 bits per heavy atom. The number of carbonyl (C=O) groups excluding carboxylic acids is 1. The monoisotopic (exact) mass is 396 g/mol. The van der Waals surface area contributed by atoms with Gasteiger partial charge in [-0.05, 0) is 23.3 Å². The first-order valence-electron chi connectivity index (χ1n) is 8.95. The lowest BCUT2D eigenvalue weighted by Crippen LogP contribution is -2.25. The zero-order valence-electron chi connectivity index (χ0n) is 15.3. The molecule has 3 aromatic rings. The maximum atomic E-state index is 12.3. The van der Waals surface area contributed by atoms with Crippen LogP contribution in [0.3, 0.4) is 0 Å². The van der Waals surface area contributed by atoms with Crippen molar-refractivity contribution >= 4 is 17.6 Å². The fourth-order valence-electron chi connectivity index (χ4n) is 2.52. The van der Waals surface area contributed by atoms with Gasteiger partial charge in [-0.25, -0.2) is 4.79 Å². The van der Waals surface area contributed by atoms with E-state index in [0.29, 0.717) is 23.8 Å². The Hall–Kier alpha value is -2.66. The molecule has 0 fully saturated rings. The Morgan fingerprint density at radius 2 is 1.25 bits per heavy atom. The SMILES string of the molecule is O=C(OCC(OCc1ccccc1)OCc1ccccc1)c1ccccc1Cl. The van der Waals surface area contributed by atoms with Crippen molar-refractivity contribution in [3.63, 3.8) is 0 Å². The number of halogens is 1. The van der Waals surface area contributed by atoms with Crippen molar-refractivity contribution in [2.24, 2.45) is 0 Å². The van der Waals surface area contributed by atoms with E-state index >= 15 is 0 Å². The highest BCUT2D eigenvalue weighted by Crippen LogP contribution is 2.16. The number of hydrogen-bond donors (Lipinski definition) is 0. The summed E-state index contributed by atoms with van der Waals surface area (Å²) < 4.78 is 17.0. The molecule has 0 heterocycles. The normalized spacial score (nSPS) is 10.8. The van der Waals surface area contributed by atoms with Crippen LogP contribution in [0.1, 0.15) is 21.5 Å². The minimum absolute atomic E-state index is 0.0380. The van der Waals surface area contributed by atoms with Gasteiger partial charge in [0.2, 0.25) is 0 Å². The summed E-state index contributed by atoms with van der Waals surface area (Å²) in [6.07, 6.45) is -0.702. The molecule has 0 aliphatic rings. The summed E-state index contributed by atoms with van der Waals surface area (Å²) in [7, 11) is 0. The van der Waals surface area contributed by atoms with Gasteiger partial charge in [0.05, 0.1) is 23.8 Å². The van der Waals surface area contributed by atoms with Crippen LogP contribution in [0.15, 0.2) is 84.9 Å². The van der Waals surface area contributed by atoms with Crippen LogP contribution >= 0.6 is 11.6 Å². The van der Waals surface area contributed by atoms with Crippen molar-refractivity contribution in [3.05, 3.63) is 107 Å². The molecule has 0 N–H and O–H groups in total. The molecule has 3 aromatic carbocycles. The highest BCUT2D eigenvalue weighted by Gasteiger charge is 2.16. The Morgan fingerprint density at radius 3 is 1.79 bits per heavy atom. The summed E-state index contributed by atoms with van der Waals surface area (Å²) in [6.45, 7) is 0.664. The third-order valence-electron chi connectivity index (χ3n) is 4.00. The minimum Gasteiger partial charge on any atom is -0.457 e. The average molecular weight is 397 g/mol. The van der Waals surface area contributed by atoms with E-state index in [2.05, 4.69) is 0 Å². The van der Waals surface area contributed by atoms with Gasteiger partial charge in [0.1, 0.15) is 6.61 Å². The standard InChI is InChI=1S/C23H21ClO4/c24-21-14-8-7-13-20(21)23(25)28-17-22(26-15-18-9-3-1-4-10-18)27-16-19-11-5-2-6-12-19/h1-14,22H,15-17H2. The third-order valence-corrected chi connectivity index (χ3v) is 4.33. The zero-order chi connectivity index (χ0) is 19.6. The second-order valence-corrected chi connectivity index (χ2v) is 6.51. The molecule has 28 heavy (non-hydrogen) atoms. The molecule has 0 aliphatic heterocycles. The molecule has 0 aromatic heterocycles. The van der Waals surface area contributed by atoms with Crippen LogP contribution < -0.4 is 0 Å². The maximum Gasteiger partial charge on any atom is 0.339 e. The molecule has 0 atom stereocenters. The van der Waals surface area contributed by atoms with E-state index in [1.807, 2.05) is 60.7 Å². The molecule has 4 nitrogen and oxygen atoms in total. The van der Waals surface area contributed by atoms with Gasteiger partial charge >= 0.3 is 5.97 Å². The molecule has 3 rings (SSSR count). The summed E-state index contributed by atoms with van der Waals surface area (Å²) in [5, 5.41) is 0.347. The van der Waals surface area contributed by atoms with Crippen LogP contribution in [0.2, 0.25) is 5.02 Å². The molecule has 0 aliphatic carbocycles. The highest BCUT2D eigenvalue weighted by atomic mass is 35.5. The van der Waals surface area contributed by atoms with Crippen molar-refractivity contribution in [1.82, 2.24) is 0 Å². The summed E-state index contributed by atoms with van der Waals surface area (Å²) >= 11 is 6.05. The van der Waals surface area contributed by atoms with Crippen molar-refractivity contribution in [1.29, 1.82) is 0 Å². The number of benzene rings is 3. The topological polar surface area (TPSA) is 44.8 Å². The minimum atomic E-state index is -0.702. The van der Waals surface area contributed by atoms with Crippen molar-refractivity contribution in [2.45, 2.75) is 19.5 Å². The Kier molecular flexibility index (Phi) is 7.62. The predicted molar refractivity (Wildman–Crippen MR) is 108 cm³/mol. The molecule has 0 saturated heterocycles. The highest BCUT2D eigenvalue weighted by molar-refractivity contribution is 6.33. The average Bonchev–Trinajstić information content (AvgIpc) is 2.75. The molecule has 0 bridgehead atoms. The van der Waals surface area contributed by atoms with Crippen LogP contribution in [-0.2, 0) is 27.4 Å². The lowest BCUT2D eigenvalue weighted by molar-refractivity contribution is -0.176. The quantitative estimate of drug-likeness (QED) is 0.365. The van der Waals surface area contributed by atoms with Gasteiger partial charge in [-0.2, -0.15) is 0 Å². The molecule has 0 unspecified atom stereocenters. The van der Waals surface area contributed by atoms with Crippen LogP contribution in [-0.4, -0.2) is 18.9 Å². The number of carbonyl (C=O) groups is 1. The smallest absolute Gasteiger partial charge is 0.339 e. The molecular weight excluding hydrogens is 376 g/mol. The van der Waals surface area contributed by atoms with Crippen molar-refractivity contribution < 1.29 is 19.0 Å². The van der Waals surface area contributed by atoms with E-state index in [9.17, 15) is 4.79 Å². The summed E-state index contributed by atoms with van der Waals surface area (Å²) in [4.78, 5) is 12.3. The fourth-order valence-corrected chi connectivity index (χ4v) is 2.73. The first-order valence-corrected chi connectivity index (χ1v) is 9.33. The molecule has 0 saturated carbocycles. The Balaban J connectivity index is 1.59. The largest absolute Gasteiger partial charge is 0.457 e. The maximum absolute atomic E-state index is 12.3. The second-order valence-electron chi connectivity index (χ2n) is 6.10. The first-order chi connectivity index (χ1) is 13.7. The van der Waals surface area contributed by atoms with Gasteiger partial charge in [-0.3, -0.25) is 0 Å². The Labute approximate surface area is 169 Å². The van der Waals surface area contributed by atoms with Gasteiger partial charge in [0.15, 0.2) is 6.29 Å². The molecule has 144 valence electrons. The second kappa shape index (κ2) is 10.6. The van der Waals surface area contributed by atoms with E-state index in [1.165, 1.54) is 0 Å². The summed E-state index contributed by atoms with van der Waals surface area (Å²) in [5.74, 6) is -0.512. The van der Waals surface area contributed by atoms with E-state index in [0.717, 1.165) is 11.1 Å². The van der Waals surface area contributed by atoms with Gasteiger partial charge < -0.3 is 14.2 Å². The van der Waals surface area contributed by atoms with Crippen molar-refractivity contribution in [2.75, 3.05) is 6.61 Å². The third kappa shape index (κ3) is 6.20. The van der Waals surface area contributed by atoms with Gasteiger partial charge in [-0.15, -0.1) is 0 Å². The molecule has 5 heteroatoms. The zero-order valence-corrected chi connectivity index (χ0v) is 16.0. The predicted octanol–water partition coefficient (Wildman–Crippen LogP) is 5.26. The van der Waals surface area contributed by atoms with E-state index in [4.69, 9.17) is 25.8 Å². The van der Waals surface area contributed by atoms with Gasteiger partial charge in [0, 0.05) is 0 Å². The molecule has 0 spiro atoms. The van der Waals surface area contributed by atoms with Crippen LogP contribution in [0, 0.1) is 0 Å². The first kappa shape index (κ1) is 20.1. The van der Waals surface area contributed by atoms with Crippen LogP contribution in [0.5, 0.6) is 0 Å². The number of ether oxygens (including phenoxy) is 3. The number of rotatable bonds is 9. The van der Waals surface area contributed by atoms with E-state index < -0.39 is 12.3 Å². The van der Waals surface area contributed by atoms with Gasteiger partial charge in [0.25, 0.3) is 0 Å². The van der Waals surface area contributed by atoms with Crippen molar-refractivity contribution in [3.8, 4) is 0 Å². The van der Waals surface area contributed by atoms with Crippen LogP contribution in [0.25, 0.3) is 0 Å². The lowest BCUT2D eigenvalue weighted by Gasteiger charge is -2.19. The molecule has 0 radical (unpaired) electrons. The van der Waals surface area contributed by atoms with Crippen LogP contribution in [0.4, 0.5) is 0 Å². The summed E-state index contributed by atoms with van der Waals surface area (Å²) in [5.41, 5.74) is 2.33. The van der Waals surface area contributed by atoms with Gasteiger partial charge in [-0.1, -0.05) is 84.4 Å². The fraction of sp³-hybridized carbons (Fsp3) is 0.174. The lowest BCUT2D eigenvalue weighted by atomic mass is 10.2. The molecular formula is C23H21ClO4. The number of hydrogen-bond acceptors (Lipinski definition) is 4. The summed E-state index contributed by atoms with van der Waals surface area (Å²) in [6, 6.07) is 26.3. The Bertz CT molecular complexity index is 825.